The average Bonchev–Trinajstić information content (AvgIpc) is 3.38. The van der Waals surface area contributed by atoms with Crippen LogP contribution in [0.5, 0.6) is 5.75 Å². The summed E-state index contributed by atoms with van der Waals surface area (Å²) in [5, 5.41) is 0.772. The number of benzene rings is 2. The molecule has 7 nitrogen and oxygen atoms in total. The smallest absolute Gasteiger partial charge is 0.338 e. The van der Waals surface area contributed by atoms with Gasteiger partial charge in [-0.1, -0.05) is 23.5 Å². The zero-order chi connectivity index (χ0) is 22.7. The first-order valence-electron chi connectivity index (χ1n) is 10.0. The van der Waals surface area contributed by atoms with Crippen LogP contribution in [0.2, 0.25) is 0 Å². The fraction of sp³-hybridized carbons (Fsp3) is 0.261. The number of thiazole rings is 1. The maximum absolute atomic E-state index is 13.0. The standard InChI is InChI=1S/C23H22N2O5S2/c1-4-29-22(27)15-8-9-16-19(13-15)32-23(25(16)10-11-31-3)24-21(26)18-12-14-6-5-7-17(28-2)20(14)30-18/h5-9,12-13H,4,10-11H2,1-3H3. The van der Waals surface area contributed by atoms with E-state index in [0.29, 0.717) is 34.8 Å². The molecule has 4 rings (SSSR count). The molecule has 0 spiro atoms. The summed E-state index contributed by atoms with van der Waals surface area (Å²) in [5.41, 5.74) is 1.90. The van der Waals surface area contributed by atoms with Crippen LogP contribution < -0.4 is 9.54 Å². The number of hydrogen-bond acceptors (Lipinski definition) is 7. The van der Waals surface area contributed by atoms with E-state index in [-0.39, 0.29) is 11.7 Å². The number of rotatable bonds is 7. The number of carbonyl (C=O) groups excluding carboxylic acids is 2. The number of methoxy groups -OCH3 is 1. The predicted molar refractivity (Wildman–Crippen MR) is 127 cm³/mol. The number of nitrogens with zero attached hydrogens (tertiary/aromatic N) is 2. The normalized spacial score (nSPS) is 11.9. The van der Waals surface area contributed by atoms with Gasteiger partial charge in [0, 0.05) is 17.7 Å². The Kier molecular flexibility index (Phi) is 6.66. The first-order valence-corrected chi connectivity index (χ1v) is 12.2. The third-order valence-electron chi connectivity index (χ3n) is 4.85. The van der Waals surface area contributed by atoms with E-state index in [9.17, 15) is 9.59 Å². The minimum atomic E-state index is -0.474. The molecule has 9 heteroatoms. The minimum absolute atomic E-state index is 0.144. The lowest BCUT2D eigenvalue weighted by Crippen LogP contribution is -2.18. The van der Waals surface area contributed by atoms with E-state index < -0.39 is 5.91 Å². The quantitative estimate of drug-likeness (QED) is 0.363. The molecular formula is C23H22N2O5S2. The molecule has 0 fully saturated rings. The van der Waals surface area contributed by atoms with E-state index in [1.54, 1.807) is 50.1 Å². The summed E-state index contributed by atoms with van der Waals surface area (Å²) in [6, 6.07) is 12.5. The summed E-state index contributed by atoms with van der Waals surface area (Å²) in [7, 11) is 1.56. The second-order valence-corrected chi connectivity index (χ2v) is 8.83. The molecule has 0 N–H and O–H groups in total. The number of amides is 1. The van der Waals surface area contributed by atoms with E-state index in [1.807, 2.05) is 29.0 Å². The van der Waals surface area contributed by atoms with Crippen LogP contribution in [0, 0.1) is 0 Å². The number of esters is 1. The van der Waals surface area contributed by atoms with Crippen molar-refractivity contribution in [3.8, 4) is 5.75 Å². The number of hydrogen-bond donors (Lipinski definition) is 0. The number of ether oxygens (including phenoxy) is 2. The zero-order valence-electron chi connectivity index (χ0n) is 17.9. The summed E-state index contributed by atoms with van der Waals surface area (Å²) >= 11 is 3.06. The van der Waals surface area contributed by atoms with Gasteiger partial charge in [0.15, 0.2) is 21.9 Å². The van der Waals surface area contributed by atoms with Gasteiger partial charge in [0.1, 0.15) is 0 Å². The highest BCUT2D eigenvalue weighted by Crippen LogP contribution is 2.29. The molecule has 2 heterocycles. The van der Waals surface area contributed by atoms with Gasteiger partial charge >= 0.3 is 11.9 Å². The second kappa shape index (κ2) is 9.62. The van der Waals surface area contributed by atoms with Crippen molar-refractivity contribution < 1.29 is 23.5 Å². The Bertz CT molecular complexity index is 1370. The molecule has 4 aromatic rings. The summed E-state index contributed by atoms with van der Waals surface area (Å²) < 4.78 is 19.0. The van der Waals surface area contributed by atoms with Crippen molar-refractivity contribution in [1.82, 2.24) is 4.57 Å². The predicted octanol–water partition coefficient (Wildman–Crippen LogP) is 4.74. The van der Waals surface area contributed by atoms with Crippen molar-refractivity contribution in [3.05, 3.63) is 58.6 Å². The van der Waals surface area contributed by atoms with Crippen molar-refractivity contribution in [2.45, 2.75) is 13.5 Å². The van der Waals surface area contributed by atoms with Crippen LogP contribution in [-0.4, -0.2) is 42.2 Å². The van der Waals surface area contributed by atoms with Crippen molar-refractivity contribution in [2.75, 3.05) is 25.7 Å². The van der Waals surface area contributed by atoms with E-state index in [0.717, 1.165) is 21.4 Å². The Morgan fingerprint density at radius 2 is 2.06 bits per heavy atom. The molecule has 0 saturated heterocycles. The van der Waals surface area contributed by atoms with Gasteiger partial charge in [-0.25, -0.2) is 4.79 Å². The van der Waals surface area contributed by atoms with Gasteiger partial charge in [-0.15, -0.1) is 0 Å². The molecule has 0 aliphatic rings. The Balaban J connectivity index is 1.79. The number of thioether (sulfide) groups is 1. The van der Waals surface area contributed by atoms with Gasteiger partial charge < -0.3 is 18.5 Å². The molecule has 166 valence electrons. The molecule has 0 aliphatic carbocycles. The highest BCUT2D eigenvalue weighted by Gasteiger charge is 2.16. The van der Waals surface area contributed by atoms with Crippen LogP contribution in [0.4, 0.5) is 0 Å². The maximum atomic E-state index is 13.0. The fourth-order valence-corrected chi connectivity index (χ4v) is 4.80. The lowest BCUT2D eigenvalue weighted by atomic mass is 10.2. The van der Waals surface area contributed by atoms with E-state index in [4.69, 9.17) is 13.9 Å². The van der Waals surface area contributed by atoms with Gasteiger partial charge in [-0.05, 0) is 43.5 Å². The van der Waals surface area contributed by atoms with Gasteiger partial charge in [-0.3, -0.25) is 4.79 Å². The van der Waals surface area contributed by atoms with Crippen LogP contribution >= 0.6 is 23.1 Å². The van der Waals surface area contributed by atoms with Gasteiger partial charge in [-0.2, -0.15) is 16.8 Å². The number of furan rings is 1. The highest BCUT2D eigenvalue weighted by atomic mass is 32.2. The van der Waals surface area contributed by atoms with Crippen molar-refractivity contribution in [2.24, 2.45) is 4.99 Å². The fourth-order valence-electron chi connectivity index (χ4n) is 3.34. The molecule has 0 atom stereocenters. The topological polar surface area (TPSA) is 83.0 Å². The lowest BCUT2D eigenvalue weighted by molar-refractivity contribution is 0.0526. The number of para-hydroxylation sites is 1. The first kappa shape index (κ1) is 22.2. The van der Waals surface area contributed by atoms with Gasteiger partial charge in [0.25, 0.3) is 0 Å². The Hall–Kier alpha value is -3.04. The highest BCUT2D eigenvalue weighted by molar-refractivity contribution is 7.98. The van der Waals surface area contributed by atoms with Crippen LogP contribution in [0.1, 0.15) is 27.8 Å². The SMILES string of the molecule is CCOC(=O)c1ccc2c(c1)sc(=NC(=O)c1cc3cccc(OC)c3o1)n2CCSC. The van der Waals surface area contributed by atoms with Crippen LogP contribution in [0.25, 0.3) is 21.2 Å². The molecular weight excluding hydrogens is 448 g/mol. The Labute approximate surface area is 192 Å². The minimum Gasteiger partial charge on any atom is -0.493 e. The molecule has 2 aromatic heterocycles. The average molecular weight is 471 g/mol. The molecule has 0 aliphatic heterocycles. The maximum Gasteiger partial charge on any atom is 0.338 e. The summed E-state index contributed by atoms with van der Waals surface area (Å²) in [5.74, 6) is 0.715. The largest absolute Gasteiger partial charge is 0.493 e. The summed E-state index contributed by atoms with van der Waals surface area (Å²) in [6.45, 7) is 2.76. The Morgan fingerprint density at radius 3 is 2.81 bits per heavy atom. The van der Waals surface area contributed by atoms with Crippen LogP contribution in [0.15, 0.2) is 51.9 Å². The molecule has 0 radical (unpaired) electrons. The van der Waals surface area contributed by atoms with Crippen molar-refractivity contribution in [3.63, 3.8) is 0 Å². The number of aromatic nitrogens is 1. The molecule has 0 saturated carbocycles. The number of carbonyl (C=O) groups is 2. The van der Waals surface area contributed by atoms with E-state index in [2.05, 4.69) is 4.99 Å². The lowest BCUT2D eigenvalue weighted by Gasteiger charge is -2.05. The molecule has 0 bridgehead atoms. The van der Waals surface area contributed by atoms with E-state index in [1.165, 1.54) is 11.3 Å². The van der Waals surface area contributed by atoms with Crippen LogP contribution in [0.3, 0.4) is 0 Å². The van der Waals surface area contributed by atoms with Crippen molar-refractivity contribution in [1.29, 1.82) is 0 Å². The third-order valence-corrected chi connectivity index (χ3v) is 6.48. The van der Waals surface area contributed by atoms with Crippen molar-refractivity contribution >= 4 is 56.2 Å². The molecule has 0 unspecified atom stereocenters. The monoisotopic (exact) mass is 470 g/mol. The van der Waals surface area contributed by atoms with Gasteiger partial charge in [0.2, 0.25) is 0 Å². The van der Waals surface area contributed by atoms with Crippen LogP contribution in [-0.2, 0) is 11.3 Å². The van der Waals surface area contributed by atoms with Gasteiger partial charge in [0.05, 0.1) is 29.5 Å². The van der Waals surface area contributed by atoms with E-state index >= 15 is 0 Å². The molecule has 2 aromatic carbocycles. The second-order valence-electron chi connectivity index (χ2n) is 6.84. The third kappa shape index (κ3) is 4.31. The zero-order valence-corrected chi connectivity index (χ0v) is 19.5. The first-order chi connectivity index (χ1) is 15.5. The molecule has 32 heavy (non-hydrogen) atoms. The Morgan fingerprint density at radius 1 is 1.22 bits per heavy atom. The summed E-state index contributed by atoms with van der Waals surface area (Å²) in [4.78, 5) is 30.0. The molecule has 1 amide bonds. The number of fused-ring (bicyclic) bond motifs is 2. The summed E-state index contributed by atoms with van der Waals surface area (Å²) in [6.07, 6.45) is 2.03. The number of aryl methyl sites for hydroxylation is 1.